The minimum absolute atomic E-state index is 0.155. The van der Waals surface area contributed by atoms with Crippen LogP contribution in [-0.2, 0) is 16.1 Å². The number of amides is 1. The topological polar surface area (TPSA) is 32.8 Å². The van der Waals surface area contributed by atoms with Crippen molar-refractivity contribution in [2.45, 2.75) is 50.6 Å². The summed E-state index contributed by atoms with van der Waals surface area (Å²) in [5.74, 6) is 1.04. The predicted octanol–water partition coefficient (Wildman–Crippen LogP) is 4.71. The normalized spacial score (nSPS) is 22.5. The Kier molecular flexibility index (Phi) is 7.76. The summed E-state index contributed by atoms with van der Waals surface area (Å²) in [6, 6.07) is 22.0. The van der Waals surface area contributed by atoms with Gasteiger partial charge in [-0.25, -0.2) is 0 Å². The van der Waals surface area contributed by atoms with Crippen LogP contribution in [0.1, 0.15) is 49.1 Å². The zero-order valence-electron chi connectivity index (χ0n) is 18.8. The second kappa shape index (κ2) is 10.9. The molecule has 1 aliphatic carbocycles. The van der Waals surface area contributed by atoms with Gasteiger partial charge in [0.15, 0.2) is 0 Å². The summed E-state index contributed by atoms with van der Waals surface area (Å²) >= 11 is 0. The number of hydrogen-bond acceptors (Lipinski definition) is 3. The Morgan fingerprint density at radius 2 is 1.65 bits per heavy atom. The predicted molar refractivity (Wildman–Crippen MR) is 125 cm³/mol. The Balaban J connectivity index is 1.53. The molecule has 0 N–H and O–H groups in total. The van der Waals surface area contributed by atoms with Crippen molar-refractivity contribution in [3.8, 4) is 0 Å². The Bertz CT molecular complexity index is 805. The summed E-state index contributed by atoms with van der Waals surface area (Å²) in [4.78, 5) is 17.8. The van der Waals surface area contributed by atoms with E-state index in [4.69, 9.17) is 4.74 Å². The summed E-state index contributed by atoms with van der Waals surface area (Å²) < 4.78 is 5.25. The maximum Gasteiger partial charge on any atom is 0.248 e. The highest BCUT2D eigenvalue weighted by atomic mass is 16.5. The SMILES string of the molecule is COCC(=O)N(CC1CN(Cc2ccccc2)CC1c1ccccc1)C1CCCCC1. The Morgan fingerprint density at radius 3 is 2.32 bits per heavy atom. The van der Waals surface area contributed by atoms with E-state index in [1.54, 1.807) is 7.11 Å². The van der Waals surface area contributed by atoms with Crippen LogP contribution >= 0.6 is 0 Å². The fourth-order valence-electron chi connectivity index (χ4n) is 5.50. The van der Waals surface area contributed by atoms with E-state index in [9.17, 15) is 4.79 Å². The van der Waals surface area contributed by atoms with Gasteiger partial charge in [-0.1, -0.05) is 79.9 Å². The molecule has 1 heterocycles. The molecule has 1 amide bonds. The largest absolute Gasteiger partial charge is 0.375 e. The fourth-order valence-corrected chi connectivity index (χ4v) is 5.50. The van der Waals surface area contributed by atoms with Crippen LogP contribution < -0.4 is 0 Å². The van der Waals surface area contributed by atoms with Gasteiger partial charge in [0.05, 0.1) is 0 Å². The van der Waals surface area contributed by atoms with Gasteiger partial charge in [-0.05, 0) is 29.9 Å². The minimum Gasteiger partial charge on any atom is -0.375 e. The van der Waals surface area contributed by atoms with Crippen molar-refractivity contribution in [2.24, 2.45) is 5.92 Å². The van der Waals surface area contributed by atoms with Crippen LogP contribution in [0, 0.1) is 5.92 Å². The molecule has 1 aliphatic heterocycles. The molecule has 0 spiro atoms. The van der Waals surface area contributed by atoms with E-state index in [2.05, 4.69) is 70.5 Å². The van der Waals surface area contributed by atoms with Crippen molar-refractivity contribution in [1.29, 1.82) is 0 Å². The van der Waals surface area contributed by atoms with E-state index in [0.717, 1.165) is 39.0 Å². The highest BCUT2D eigenvalue weighted by Crippen LogP contribution is 2.35. The number of nitrogens with zero attached hydrogens (tertiary/aromatic N) is 2. The standard InChI is InChI=1S/C27H36N2O2/c1-31-21-27(30)29(25-15-9-4-10-16-25)19-24-18-28(17-22-11-5-2-6-12-22)20-26(24)23-13-7-3-8-14-23/h2-3,5-8,11-14,24-26H,4,9-10,15-21H2,1H3. The molecule has 2 atom stereocenters. The molecule has 1 saturated carbocycles. The lowest BCUT2D eigenvalue weighted by Crippen LogP contribution is -2.46. The molecule has 4 heteroatoms. The lowest BCUT2D eigenvalue weighted by molar-refractivity contribution is -0.139. The maximum absolute atomic E-state index is 13.0. The van der Waals surface area contributed by atoms with Crippen LogP contribution in [-0.4, -0.2) is 55.1 Å². The zero-order chi connectivity index (χ0) is 21.5. The number of hydrogen-bond donors (Lipinski definition) is 0. The Labute approximate surface area is 187 Å². The summed E-state index contributed by atoms with van der Waals surface area (Å²) in [5, 5.41) is 0. The Hall–Kier alpha value is -2.17. The van der Waals surface area contributed by atoms with Crippen molar-refractivity contribution in [3.63, 3.8) is 0 Å². The number of carbonyl (C=O) groups is 1. The van der Waals surface area contributed by atoms with E-state index in [0.29, 0.717) is 17.9 Å². The average molecular weight is 421 g/mol. The van der Waals surface area contributed by atoms with Crippen molar-refractivity contribution in [1.82, 2.24) is 9.80 Å². The third-order valence-electron chi connectivity index (χ3n) is 7.03. The van der Waals surface area contributed by atoms with E-state index in [-0.39, 0.29) is 12.5 Å². The third kappa shape index (κ3) is 5.75. The smallest absolute Gasteiger partial charge is 0.248 e. The van der Waals surface area contributed by atoms with Crippen molar-refractivity contribution in [2.75, 3.05) is 33.4 Å². The first-order valence-corrected chi connectivity index (χ1v) is 11.8. The molecular weight excluding hydrogens is 384 g/mol. The lowest BCUT2D eigenvalue weighted by Gasteiger charge is -2.37. The summed E-state index contributed by atoms with van der Waals surface area (Å²) in [6.45, 7) is 4.05. The van der Waals surface area contributed by atoms with E-state index in [1.165, 1.54) is 30.4 Å². The fraction of sp³-hybridized carbons (Fsp3) is 0.519. The maximum atomic E-state index is 13.0. The van der Waals surface area contributed by atoms with Crippen molar-refractivity contribution >= 4 is 5.91 Å². The summed E-state index contributed by atoms with van der Waals surface area (Å²) in [6.07, 6.45) is 6.02. The molecule has 2 aliphatic rings. The van der Waals surface area contributed by atoms with Crippen molar-refractivity contribution < 1.29 is 9.53 Å². The van der Waals surface area contributed by atoms with E-state index in [1.807, 2.05) is 0 Å². The third-order valence-corrected chi connectivity index (χ3v) is 7.03. The summed E-state index contributed by atoms with van der Waals surface area (Å²) in [5.41, 5.74) is 2.75. The lowest BCUT2D eigenvalue weighted by atomic mass is 9.87. The van der Waals surface area contributed by atoms with Crippen LogP contribution in [0.25, 0.3) is 0 Å². The molecule has 0 bridgehead atoms. The second-order valence-corrected chi connectivity index (χ2v) is 9.23. The molecule has 4 rings (SSSR count). The number of carbonyl (C=O) groups excluding carboxylic acids is 1. The van der Waals surface area contributed by atoms with Gasteiger partial charge in [0.2, 0.25) is 5.91 Å². The zero-order valence-corrected chi connectivity index (χ0v) is 18.8. The number of methoxy groups -OCH3 is 1. The molecule has 31 heavy (non-hydrogen) atoms. The van der Waals surface area contributed by atoms with Crippen LogP contribution in [0.5, 0.6) is 0 Å². The minimum atomic E-state index is 0.155. The first kappa shape index (κ1) is 22.0. The second-order valence-electron chi connectivity index (χ2n) is 9.23. The molecule has 4 nitrogen and oxygen atoms in total. The molecule has 2 aromatic carbocycles. The number of likely N-dealkylation sites (tertiary alicyclic amines) is 1. The van der Waals surface area contributed by atoms with Gasteiger partial charge in [-0.2, -0.15) is 0 Å². The molecule has 2 fully saturated rings. The van der Waals surface area contributed by atoms with Crippen molar-refractivity contribution in [3.05, 3.63) is 71.8 Å². The monoisotopic (exact) mass is 420 g/mol. The average Bonchev–Trinajstić information content (AvgIpc) is 3.21. The van der Waals surface area contributed by atoms with Gasteiger partial charge in [0.1, 0.15) is 6.61 Å². The molecule has 2 unspecified atom stereocenters. The van der Waals surface area contributed by atoms with Gasteiger partial charge in [-0.15, -0.1) is 0 Å². The Morgan fingerprint density at radius 1 is 0.968 bits per heavy atom. The van der Waals surface area contributed by atoms with Crippen LogP contribution in [0.4, 0.5) is 0 Å². The highest BCUT2D eigenvalue weighted by molar-refractivity contribution is 5.77. The van der Waals surface area contributed by atoms with Crippen LogP contribution in [0.3, 0.4) is 0 Å². The van der Waals surface area contributed by atoms with Gasteiger partial charge in [-0.3, -0.25) is 9.69 Å². The first-order chi connectivity index (χ1) is 15.2. The van der Waals surface area contributed by atoms with Crippen LogP contribution in [0.15, 0.2) is 60.7 Å². The molecular formula is C27H36N2O2. The van der Waals surface area contributed by atoms with Gasteiger partial charge in [0.25, 0.3) is 0 Å². The number of benzene rings is 2. The molecule has 0 radical (unpaired) electrons. The molecule has 1 saturated heterocycles. The molecule has 2 aromatic rings. The van der Waals surface area contributed by atoms with Gasteiger partial charge in [0, 0.05) is 45.2 Å². The first-order valence-electron chi connectivity index (χ1n) is 11.8. The van der Waals surface area contributed by atoms with E-state index < -0.39 is 0 Å². The molecule has 0 aromatic heterocycles. The number of rotatable bonds is 8. The highest BCUT2D eigenvalue weighted by Gasteiger charge is 2.37. The van der Waals surface area contributed by atoms with Gasteiger partial charge >= 0.3 is 0 Å². The quantitative estimate of drug-likeness (QED) is 0.620. The van der Waals surface area contributed by atoms with Crippen LogP contribution in [0.2, 0.25) is 0 Å². The van der Waals surface area contributed by atoms with E-state index >= 15 is 0 Å². The summed E-state index contributed by atoms with van der Waals surface area (Å²) in [7, 11) is 1.63. The molecule has 166 valence electrons. The number of ether oxygens (including phenoxy) is 1. The van der Waals surface area contributed by atoms with Gasteiger partial charge < -0.3 is 9.64 Å².